The van der Waals surface area contributed by atoms with E-state index in [1.54, 1.807) is 0 Å². The van der Waals surface area contributed by atoms with E-state index in [-0.39, 0.29) is 23.3 Å². The number of rotatable bonds is 8. The van der Waals surface area contributed by atoms with Crippen LogP contribution in [0.3, 0.4) is 0 Å². The Hall–Kier alpha value is -3.39. The first kappa shape index (κ1) is 21.8. The molecule has 0 bridgehead atoms. The molecule has 0 radical (unpaired) electrons. The quantitative estimate of drug-likeness (QED) is 0.403. The Morgan fingerprint density at radius 2 is 1.88 bits per heavy atom. The number of carbonyl (C=O) groups is 1. The third kappa shape index (κ3) is 5.26. The van der Waals surface area contributed by atoms with Crippen molar-refractivity contribution >= 4 is 23.3 Å². The normalized spacial score (nSPS) is 12.1. The highest BCUT2D eigenvalue weighted by Gasteiger charge is 2.15. The van der Waals surface area contributed by atoms with E-state index in [2.05, 4.69) is 32.5 Å². The lowest BCUT2D eigenvalue weighted by molar-refractivity contribution is -0.119. The third-order valence-electron chi connectivity index (χ3n) is 5.16. The zero-order valence-electron chi connectivity index (χ0n) is 18.0. The SMILES string of the molecule is Cc1ccccc1-c1nc(SCC(=O)N[C@H](C)CCc2ccccc2)n2[nH]c(=O)cc2n1. The van der Waals surface area contributed by atoms with Crippen LogP contribution in [0.4, 0.5) is 0 Å². The molecule has 8 heteroatoms. The van der Waals surface area contributed by atoms with Gasteiger partial charge in [0, 0.05) is 17.7 Å². The highest BCUT2D eigenvalue weighted by atomic mass is 32.2. The van der Waals surface area contributed by atoms with Crippen LogP contribution in [0.5, 0.6) is 0 Å². The van der Waals surface area contributed by atoms with Crippen molar-refractivity contribution in [2.75, 3.05) is 5.75 Å². The zero-order valence-corrected chi connectivity index (χ0v) is 18.9. The number of nitrogens with one attached hydrogen (secondary N) is 2. The van der Waals surface area contributed by atoms with Crippen molar-refractivity contribution in [2.24, 2.45) is 0 Å². The van der Waals surface area contributed by atoms with Crippen molar-refractivity contribution in [1.29, 1.82) is 0 Å². The molecule has 0 aliphatic rings. The van der Waals surface area contributed by atoms with Gasteiger partial charge in [0.2, 0.25) is 5.91 Å². The molecule has 1 atom stereocenters. The van der Waals surface area contributed by atoms with Gasteiger partial charge in [-0.1, -0.05) is 66.4 Å². The second kappa shape index (κ2) is 9.82. The van der Waals surface area contributed by atoms with Crippen LogP contribution < -0.4 is 10.9 Å². The minimum atomic E-state index is -0.262. The number of nitrogens with zero attached hydrogens (tertiary/aromatic N) is 3. The number of H-pyrrole nitrogens is 1. The van der Waals surface area contributed by atoms with Gasteiger partial charge < -0.3 is 5.32 Å². The summed E-state index contributed by atoms with van der Waals surface area (Å²) < 4.78 is 1.53. The summed E-state index contributed by atoms with van der Waals surface area (Å²) >= 11 is 1.27. The predicted molar refractivity (Wildman–Crippen MR) is 127 cm³/mol. The summed E-state index contributed by atoms with van der Waals surface area (Å²) in [6, 6.07) is 19.5. The molecule has 0 spiro atoms. The first-order valence-corrected chi connectivity index (χ1v) is 11.5. The van der Waals surface area contributed by atoms with Crippen LogP contribution in [0.1, 0.15) is 24.5 Å². The van der Waals surface area contributed by atoms with Gasteiger partial charge in [0.25, 0.3) is 5.56 Å². The van der Waals surface area contributed by atoms with Gasteiger partial charge in [-0.3, -0.25) is 14.7 Å². The van der Waals surface area contributed by atoms with Crippen molar-refractivity contribution in [3.8, 4) is 11.4 Å². The highest BCUT2D eigenvalue weighted by Crippen LogP contribution is 2.23. The molecule has 4 aromatic rings. The summed E-state index contributed by atoms with van der Waals surface area (Å²) in [5, 5.41) is 6.27. The van der Waals surface area contributed by atoms with E-state index in [0.29, 0.717) is 16.6 Å². The largest absolute Gasteiger partial charge is 0.353 e. The lowest BCUT2D eigenvalue weighted by Gasteiger charge is -2.14. The number of aryl methyl sites for hydroxylation is 2. The molecule has 7 nitrogen and oxygen atoms in total. The molecule has 0 unspecified atom stereocenters. The molecule has 0 aliphatic carbocycles. The first-order chi connectivity index (χ1) is 15.5. The van der Waals surface area contributed by atoms with Crippen LogP contribution >= 0.6 is 11.8 Å². The fourth-order valence-electron chi connectivity index (χ4n) is 3.47. The van der Waals surface area contributed by atoms with E-state index >= 15 is 0 Å². The summed E-state index contributed by atoms with van der Waals surface area (Å²) in [4.78, 5) is 33.6. The molecule has 0 aliphatic heterocycles. The molecule has 4 rings (SSSR count). The Kier molecular flexibility index (Phi) is 6.70. The molecular formula is C24H25N5O2S. The van der Waals surface area contributed by atoms with E-state index < -0.39 is 0 Å². The third-order valence-corrected chi connectivity index (χ3v) is 6.10. The number of benzene rings is 2. The van der Waals surface area contributed by atoms with Gasteiger partial charge in [-0.05, 0) is 37.8 Å². The first-order valence-electron chi connectivity index (χ1n) is 10.5. The van der Waals surface area contributed by atoms with Crippen LogP contribution in [0.15, 0.2) is 70.6 Å². The van der Waals surface area contributed by atoms with Crippen LogP contribution in [-0.2, 0) is 11.2 Å². The Morgan fingerprint density at radius 3 is 2.66 bits per heavy atom. The predicted octanol–water partition coefficient (Wildman–Crippen LogP) is 3.62. The molecule has 164 valence electrons. The van der Waals surface area contributed by atoms with Crippen molar-refractivity contribution in [1.82, 2.24) is 24.9 Å². The van der Waals surface area contributed by atoms with E-state index in [0.717, 1.165) is 24.0 Å². The molecule has 0 saturated carbocycles. The summed E-state index contributed by atoms with van der Waals surface area (Å²) in [7, 11) is 0. The van der Waals surface area contributed by atoms with Gasteiger partial charge in [0.1, 0.15) is 0 Å². The number of fused-ring (bicyclic) bond motifs is 1. The smallest absolute Gasteiger partial charge is 0.266 e. The number of carbonyl (C=O) groups excluding carboxylic acids is 1. The minimum Gasteiger partial charge on any atom is -0.353 e. The van der Waals surface area contributed by atoms with E-state index in [9.17, 15) is 9.59 Å². The van der Waals surface area contributed by atoms with Crippen LogP contribution in [0.2, 0.25) is 0 Å². The summed E-state index contributed by atoms with van der Waals surface area (Å²) in [5.74, 6) is 0.644. The Balaban J connectivity index is 1.44. The average Bonchev–Trinajstić information content (AvgIpc) is 3.17. The highest BCUT2D eigenvalue weighted by molar-refractivity contribution is 7.99. The second-order valence-corrected chi connectivity index (χ2v) is 8.68. The number of aromatic nitrogens is 4. The van der Waals surface area contributed by atoms with Gasteiger partial charge in [0.05, 0.1) is 5.75 Å². The molecule has 1 amide bonds. The lowest BCUT2D eigenvalue weighted by atomic mass is 10.1. The van der Waals surface area contributed by atoms with Crippen molar-refractivity contribution in [3.63, 3.8) is 0 Å². The van der Waals surface area contributed by atoms with Crippen molar-refractivity contribution in [2.45, 2.75) is 37.9 Å². The maximum Gasteiger partial charge on any atom is 0.266 e. The van der Waals surface area contributed by atoms with Crippen LogP contribution in [-0.4, -0.2) is 37.3 Å². The van der Waals surface area contributed by atoms with E-state index in [1.165, 1.54) is 27.9 Å². The topological polar surface area (TPSA) is 92.2 Å². The Bertz CT molecular complexity index is 1280. The Labute approximate surface area is 190 Å². The fourth-order valence-corrected chi connectivity index (χ4v) is 4.23. The monoisotopic (exact) mass is 447 g/mol. The maximum absolute atomic E-state index is 12.5. The molecular weight excluding hydrogens is 422 g/mol. The number of hydrogen-bond donors (Lipinski definition) is 2. The molecule has 0 saturated heterocycles. The molecule has 2 N–H and O–H groups in total. The van der Waals surface area contributed by atoms with Crippen molar-refractivity contribution in [3.05, 3.63) is 82.1 Å². The van der Waals surface area contributed by atoms with Crippen LogP contribution in [0.25, 0.3) is 17.0 Å². The molecule has 32 heavy (non-hydrogen) atoms. The lowest BCUT2D eigenvalue weighted by Crippen LogP contribution is -2.34. The van der Waals surface area contributed by atoms with Gasteiger partial charge in [-0.2, -0.15) is 0 Å². The summed E-state index contributed by atoms with van der Waals surface area (Å²) in [5.41, 5.74) is 3.40. The van der Waals surface area contributed by atoms with E-state index in [1.807, 2.05) is 56.3 Å². The van der Waals surface area contributed by atoms with Gasteiger partial charge in [-0.15, -0.1) is 0 Å². The van der Waals surface area contributed by atoms with Gasteiger partial charge in [0.15, 0.2) is 16.6 Å². The fraction of sp³-hybridized carbons (Fsp3) is 0.250. The molecule has 0 fully saturated rings. The molecule has 2 aromatic carbocycles. The Morgan fingerprint density at radius 1 is 1.12 bits per heavy atom. The van der Waals surface area contributed by atoms with Gasteiger partial charge >= 0.3 is 0 Å². The minimum absolute atomic E-state index is 0.0580. The summed E-state index contributed by atoms with van der Waals surface area (Å²) in [6.07, 6.45) is 1.77. The standard InChI is InChI=1S/C24H25N5O2S/c1-16-8-6-7-11-19(16)23-26-20-14-21(30)28-29(20)24(27-23)32-15-22(31)25-17(2)12-13-18-9-4-3-5-10-18/h3-11,14,17H,12-13,15H2,1-2H3,(H,25,31)(H,28,30)/t17-/m1/s1. The average molecular weight is 448 g/mol. The number of hydrogen-bond acceptors (Lipinski definition) is 5. The van der Waals surface area contributed by atoms with Crippen LogP contribution in [0, 0.1) is 6.92 Å². The second-order valence-electron chi connectivity index (χ2n) is 7.74. The summed E-state index contributed by atoms with van der Waals surface area (Å²) in [6.45, 7) is 4.00. The van der Waals surface area contributed by atoms with Crippen molar-refractivity contribution < 1.29 is 4.79 Å². The zero-order chi connectivity index (χ0) is 22.5. The number of thioether (sulfide) groups is 1. The van der Waals surface area contributed by atoms with E-state index in [4.69, 9.17) is 0 Å². The maximum atomic E-state index is 12.5. The van der Waals surface area contributed by atoms with Gasteiger partial charge in [-0.25, -0.2) is 14.5 Å². The number of aromatic amines is 1. The molecule has 2 heterocycles. The number of amides is 1. The molecule has 2 aromatic heterocycles.